The van der Waals surface area contributed by atoms with Gasteiger partial charge < -0.3 is 29.6 Å². The summed E-state index contributed by atoms with van der Waals surface area (Å²) in [6, 6.07) is 0.762. The number of likely N-dealkylation sites (tertiary alicyclic amines) is 1. The third-order valence-electron chi connectivity index (χ3n) is 7.00. The van der Waals surface area contributed by atoms with Crippen LogP contribution in [-0.4, -0.2) is 81.5 Å². The lowest BCUT2D eigenvalue weighted by molar-refractivity contribution is -0.137. The average molecular weight is 580 g/mol. The van der Waals surface area contributed by atoms with Crippen LogP contribution in [0.1, 0.15) is 46.1 Å². The Hall–Kier alpha value is -3.68. The summed E-state index contributed by atoms with van der Waals surface area (Å²) in [5, 5.41) is 3.23. The molecule has 2 atom stereocenters. The first-order chi connectivity index (χ1) is 19.3. The minimum absolute atomic E-state index is 0.0365. The number of rotatable bonds is 4. The normalized spacial score (nSPS) is 20.4. The van der Waals surface area contributed by atoms with Crippen molar-refractivity contribution >= 4 is 28.9 Å². The second-order valence-corrected chi connectivity index (χ2v) is 11.4. The standard InChI is InChI=1S/C27H33F4N7O3/c1-15-14-40-9-8-38(15)23-20(28)10-17-18(11-32-22(17)36-23)21-19(27(29,30)31)12-33-24(35-21)34-16-6-5-7-37(13-16)25(39)41-26(2,3)4/h10-12,15-16H,5-9,13-14H2,1-4H3,(H,32,36)(H,33,34,35)/t15-,16-/m0/s1. The zero-order valence-corrected chi connectivity index (χ0v) is 23.3. The first kappa shape index (κ1) is 28.8. The number of halogens is 4. The Kier molecular flexibility index (Phi) is 7.70. The largest absolute Gasteiger partial charge is 0.444 e. The average Bonchev–Trinajstić information content (AvgIpc) is 3.29. The molecule has 0 saturated carbocycles. The highest BCUT2D eigenvalue weighted by Crippen LogP contribution is 2.39. The summed E-state index contributed by atoms with van der Waals surface area (Å²) < 4.78 is 68.4. The van der Waals surface area contributed by atoms with Crippen LogP contribution >= 0.6 is 0 Å². The van der Waals surface area contributed by atoms with Gasteiger partial charge in [0.25, 0.3) is 0 Å². The minimum atomic E-state index is -4.76. The molecule has 2 aliphatic heterocycles. The number of nitrogens with zero attached hydrogens (tertiary/aromatic N) is 5. The van der Waals surface area contributed by atoms with E-state index in [-0.39, 0.29) is 47.0 Å². The number of fused-ring (bicyclic) bond motifs is 1. The Bertz CT molecular complexity index is 1420. The zero-order valence-electron chi connectivity index (χ0n) is 23.3. The summed E-state index contributed by atoms with van der Waals surface area (Å²) in [6.45, 7) is 9.27. The molecule has 14 heteroatoms. The summed E-state index contributed by atoms with van der Waals surface area (Å²) in [5.41, 5.74) is -1.84. The number of aromatic nitrogens is 4. The van der Waals surface area contributed by atoms with Crippen molar-refractivity contribution < 1.29 is 31.8 Å². The molecule has 222 valence electrons. The highest BCUT2D eigenvalue weighted by Gasteiger charge is 2.37. The number of amides is 1. The molecule has 0 aliphatic carbocycles. The van der Waals surface area contributed by atoms with Crippen molar-refractivity contribution in [3.05, 3.63) is 29.8 Å². The molecule has 3 aromatic heterocycles. The Morgan fingerprint density at radius 1 is 1.22 bits per heavy atom. The molecule has 10 nitrogen and oxygen atoms in total. The van der Waals surface area contributed by atoms with Crippen LogP contribution in [0.5, 0.6) is 0 Å². The summed E-state index contributed by atoms with van der Waals surface area (Å²) in [7, 11) is 0. The number of hydrogen-bond donors (Lipinski definition) is 2. The summed E-state index contributed by atoms with van der Waals surface area (Å²) >= 11 is 0. The maximum atomic E-state index is 15.3. The number of carbonyl (C=O) groups is 1. The van der Waals surface area contributed by atoms with Crippen molar-refractivity contribution in [2.75, 3.05) is 43.1 Å². The van der Waals surface area contributed by atoms with Gasteiger partial charge in [0, 0.05) is 49.0 Å². The third kappa shape index (κ3) is 6.31. The molecular formula is C27H33F4N7O3. The van der Waals surface area contributed by atoms with Gasteiger partial charge in [-0.05, 0) is 46.6 Å². The molecule has 3 aromatic rings. The van der Waals surface area contributed by atoms with Gasteiger partial charge >= 0.3 is 12.3 Å². The van der Waals surface area contributed by atoms with Crippen molar-refractivity contribution in [2.45, 2.75) is 64.4 Å². The lowest BCUT2D eigenvalue weighted by Crippen LogP contribution is -2.47. The van der Waals surface area contributed by atoms with Crippen LogP contribution in [0, 0.1) is 5.82 Å². The Morgan fingerprint density at radius 2 is 2.00 bits per heavy atom. The molecular weight excluding hydrogens is 546 g/mol. The van der Waals surface area contributed by atoms with Gasteiger partial charge in [-0.25, -0.2) is 24.1 Å². The SMILES string of the molecule is C[C@H]1COCCN1c1nc2[nH]cc(-c3nc(N[C@H]4CCCN(C(=O)OC(C)(C)C)C4)ncc3C(F)(F)F)c2cc1F. The number of aromatic amines is 1. The number of pyridine rings is 1. The monoisotopic (exact) mass is 579 g/mol. The van der Waals surface area contributed by atoms with Gasteiger partial charge in [0.05, 0.1) is 24.9 Å². The number of piperidine rings is 1. The Labute approximate surface area is 234 Å². The van der Waals surface area contributed by atoms with Crippen LogP contribution in [0.4, 0.5) is 34.1 Å². The number of morpholine rings is 1. The van der Waals surface area contributed by atoms with E-state index in [9.17, 15) is 18.0 Å². The van der Waals surface area contributed by atoms with E-state index in [2.05, 4.69) is 25.3 Å². The molecule has 5 rings (SSSR count). The summed E-state index contributed by atoms with van der Waals surface area (Å²) in [4.78, 5) is 31.3. The van der Waals surface area contributed by atoms with Gasteiger partial charge in [-0.1, -0.05) is 0 Å². The molecule has 0 aromatic carbocycles. The molecule has 2 N–H and O–H groups in total. The van der Waals surface area contributed by atoms with Crippen LogP contribution < -0.4 is 10.2 Å². The number of hydrogen-bond acceptors (Lipinski definition) is 8. The molecule has 0 radical (unpaired) electrons. The third-order valence-corrected chi connectivity index (χ3v) is 7.00. The van der Waals surface area contributed by atoms with Crippen LogP contribution in [0.15, 0.2) is 18.5 Å². The zero-order chi connectivity index (χ0) is 29.5. The molecule has 1 amide bonds. The second-order valence-electron chi connectivity index (χ2n) is 11.4. The first-order valence-electron chi connectivity index (χ1n) is 13.5. The van der Waals surface area contributed by atoms with E-state index >= 15 is 4.39 Å². The van der Waals surface area contributed by atoms with Gasteiger partial charge in [0.15, 0.2) is 11.6 Å². The molecule has 0 unspecified atom stereocenters. The molecule has 2 saturated heterocycles. The van der Waals surface area contributed by atoms with Gasteiger partial charge in [0.1, 0.15) is 16.8 Å². The summed E-state index contributed by atoms with van der Waals surface area (Å²) in [6.07, 6.45) is -1.84. The Balaban J connectivity index is 1.45. The highest BCUT2D eigenvalue weighted by atomic mass is 19.4. The number of anilines is 2. The molecule has 2 fully saturated rings. The first-order valence-corrected chi connectivity index (χ1v) is 13.5. The van der Waals surface area contributed by atoms with Crippen LogP contribution in [0.3, 0.4) is 0 Å². The molecule has 41 heavy (non-hydrogen) atoms. The minimum Gasteiger partial charge on any atom is -0.444 e. The fraction of sp³-hybridized carbons (Fsp3) is 0.556. The number of ether oxygens (including phenoxy) is 2. The van der Waals surface area contributed by atoms with Crippen molar-refractivity contribution in [1.82, 2.24) is 24.8 Å². The van der Waals surface area contributed by atoms with Gasteiger partial charge in [-0.2, -0.15) is 13.2 Å². The number of nitrogens with one attached hydrogen (secondary N) is 2. The van der Waals surface area contributed by atoms with Crippen LogP contribution in [0.25, 0.3) is 22.3 Å². The van der Waals surface area contributed by atoms with Crippen molar-refractivity contribution in [1.29, 1.82) is 0 Å². The van der Waals surface area contributed by atoms with E-state index in [1.807, 2.05) is 6.92 Å². The molecule has 0 bridgehead atoms. The topological polar surface area (TPSA) is 108 Å². The van der Waals surface area contributed by atoms with Crippen LogP contribution in [0.2, 0.25) is 0 Å². The van der Waals surface area contributed by atoms with Gasteiger partial charge in [-0.15, -0.1) is 0 Å². The van der Waals surface area contributed by atoms with E-state index in [1.165, 1.54) is 12.3 Å². The number of carbonyl (C=O) groups excluding carboxylic acids is 1. The predicted molar refractivity (Wildman–Crippen MR) is 144 cm³/mol. The smallest absolute Gasteiger partial charge is 0.419 e. The highest BCUT2D eigenvalue weighted by molar-refractivity contribution is 5.94. The predicted octanol–water partition coefficient (Wildman–Crippen LogP) is 5.21. The van der Waals surface area contributed by atoms with E-state index in [0.29, 0.717) is 45.3 Å². The number of H-pyrrole nitrogens is 1. The fourth-order valence-electron chi connectivity index (χ4n) is 5.09. The molecule has 5 heterocycles. The maximum absolute atomic E-state index is 15.3. The lowest BCUT2D eigenvalue weighted by Gasteiger charge is -2.34. The Morgan fingerprint density at radius 3 is 2.71 bits per heavy atom. The van der Waals surface area contributed by atoms with E-state index in [0.717, 1.165) is 0 Å². The van der Waals surface area contributed by atoms with Crippen molar-refractivity contribution in [3.63, 3.8) is 0 Å². The van der Waals surface area contributed by atoms with E-state index in [1.54, 1.807) is 30.6 Å². The van der Waals surface area contributed by atoms with Crippen molar-refractivity contribution in [2.24, 2.45) is 0 Å². The fourth-order valence-corrected chi connectivity index (χ4v) is 5.09. The van der Waals surface area contributed by atoms with Crippen LogP contribution in [-0.2, 0) is 15.7 Å². The van der Waals surface area contributed by atoms with E-state index < -0.39 is 34.9 Å². The molecule has 0 spiro atoms. The number of alkyl halides is 3. The maximum Gasteiger partial charge on any atom is 0.419 e. The quantitative estimate of drug-likeness (QED) is 0.406. The van der Waals surface area contributed by atoms with Gasteiger partial charge in [0.2, 0.25) is 5.95 Å². The summed E-state index contributed by atoms with van der Waals surface area (Å²) in [5.74, 6) is -0.585. The van der Waals surface area contributed by atoms with E-state index in [4.69, 9.17) is 9.47 Å². The van der Waals surface area contributed by atoms with Crippen molar-refractivity contribution in [3.8, 4) is 11.3 Å². The van der Waals surface area contributed by atoms with Gasteiger partial charge in [-0.3, -0.25) is 0 Å². The second kappa shape index (κ2) is 11.0. The lowest BCUT2D eigenvalue weighted by atomic mass is 10.1. The molecule has 2 aliphatic rings.